The second-order valence-corrected chi connectivity index (χ2v) is 6.90. The fraction of sp³-hybridized carbons (Fsp3) is 0.474. The van der Waals surface area contributed by atoms with E-state index in [9.17, 15) is 9.59 Å². The monoisotopic (exact) mass is 345 g/mol. The highest BCUT2D eigenvalue weighted by Gasteiger charge is 2.15. The second kappa shape index (κ2) is 8.67. The summed E-state index contributed by atoms with van der Waals surface area (Å²) in [7, 11) is 0. The van der Waals surface area contributed by atoms with E-state index in [-0.39, 0.29) is 29.7 Å². The Kier molecular flexibility index (Phi) is 6.58. The van der Waals surface area contributed by atoms with Gasteiger partial charge in [0.05, 0.1) is 5.69 Å². The summed E-state index contributed by atoms with van der Waals surface area (Å²) < 4.78 is 1.35. The lowest BCUT2D eigenvalue weighted by molar-refractivity contribution is 0.0936. The van der Waals surface area contributed by atoms with Crippen molar-refractivity contribution in [1.29, 1.82) is 0 Å². The van der Waals surface area contributed by atoms with Gasteiger partial charge in [-0.3, -0.25) is 14.7 Å². The van der Waals surface area contributed by atoms with Crippen LogP contribution in [0, 0.1) is 18.8 Å². The first kappa shape index (κ1) is 19.0. The number of nitrogens with one attached hydrogen (secondary N) is 2. The minimum Gasteiger partial charge on any atom is -0.396 e. The summed E-state index contributed by atoms with van der Waals surface area (Å²) in [6.07, 6.45) is 1.58. The van der Waals surface area contributed by atoms with Gasteiger partial charge in [-0.25, -0.2) is 4.68 Å². The van der Waals surface area contributed by atoms with Crippen molar-refractivity contribution in [2.75, 3.05) is 13.2 Å². The van der Waals surface area contributed by atoms with E-state index >= 15 is 0 Å². The van der Waals surface area contributed by atoms with Gasteiger partial charge in [0, 0.05) is 19.2 Å². The number of aromatic nitrogens is 2. The molecule has 1 heterocycles. The highest BCUT2D eigenvalue weighted by atomic mass is 16.3. The Morgan fingerprint density at radius 3 is 2.56 bits per heavy atom. The van der Waals surface area contributed by atoms with E-state index in [0.29, 0.717) is 24.6 Å². The van der Waals surface area contributed by atoms with Crippen LogP contribution in [0.2, 0.25) is 0 Å². The summed E-state index contributed by atoms with van der Waals surface area (Å²) >= 11 is 0. The molecule has 6 nitrogen and oxygen atoms in total. The van der Waals surface area contributed by atoms with E-state index < -0.39 is 0 Å². The summed E-state index contributed by atoms with van der Waals surface area (Å²) in [6, 6.07) is 8.78. The molecule has 0 aliphatic heterocycles. The maximum atomic E-state index is 12.3. The first-order valence-corrected chi connectivity index (χ1v) is 8.69. The van der Waals surface area contributed by atoms with E-state index in [2.05, 4.69) is 24.3 Å². The van der Waals surface area contributed by atoms with Gasteiger partial charge in [0.2, 0.25) is 0 Å². The van der Waals surface area contributed by atoms with Gasteiger partial charge in [-0.2, -0.15) is 0 Å². The smallest absolute Gasteiger partial charge is 0.271 e. The molecular weight excluding hydrogens is 318 g/mol. The molecule has 0 aliphatic rings. The van der Waals surface area contributed by atoms with Gasteiger partial charge in [0.15, 0.2) is 0 Å². The number of aliphatic hydroxyl groups is 1. The summed E-state index contributed by atoms with van der Waals surface area (Å²) in [6.45, 7) is 6.79. The van der Waals surface area contributed by atoms with E-state index in [4.69, 9.17) is 5.11 Å². The van der Waals surface area contributed by atoms with Crippen LogP contribution in [0.3, 0.4) is 0 Å². The number of benzene rings is 1. The zero-order chi connectivity index (χ0) is 18.4. The lowest BCUT2D eigenvalue weighted by Crippen LogP contribution is -2.30. The molecule has 0 fully saturated rings. The summed E-state index contributed by atoms with van der Waals surface area (Å²) in [4.78, 5) is 24.5. The molecule has 0 spiro atoms. The van der Waals surface area contributed by atoms with E-state index in [1.54, 1.807) is 0 Å². The van der Waals surface area contributed by atoms with Crippen molar-refractivity contribution >= 4 is 5.91 Å². The van der Waals surface area contributed by atoms with Gasteiger partial charge in [-0.05, 0) is 43.7 Å². The molecule has 1 unspecified atom stereocenters. The van der Waals surface area contributed by atoms with Crippen molar-refractivity contribution in [3.8, 4) is 5.69 Å². The third-order valence-electron chi connectivity index (χ3n) is 4.15. The predicted octanol–water partition coefficient (Wildman–Crippen LogP) is 2.25. The zero-order valence-corrected chi connectivity index (χ0v) is 15.1. The third-order valence-corrected chi connectivity index (χ3v) is 4.15. The summed E-state index contributed by atoms with van der Waals surface area (Å²) in [5.41, 5.74) is 1.75. The minimum absolute atomic E-state index is 0.105. The van der Waals surface area contributed by atoms with Crippen molar-refractivity contribution in [3.63, 3.8) is 0 Å². The van der Waals surface area contributed by atoms with Crippen LogP contribution in [0.5, 0.6) is 0 Å². The molecule has 2 aromatic rings. The van der Waals surface area contributed by atoms with E-state index in [1.165, 1.54) is 10.7 Å². The quantitative estimate of drug-likeness (QED) is 0.686. The second-order valence-electron chi connectivity index (χ2n) is 6.90. The highest BCUT2D eigenvalue weighted by molar-refractivity contribution is 5.92. The standard InChI is InChI=1S/C19H27N3O3/c1-13(2)10-15(8-9-23)12-20-19(25)17-11-18(24)22(21-17)16-6-4-14(3)5-7-16/h4-7,11,13,15,21,23H,8-10,12H2,1-3H3,(H,20,25). The third kappa shape index (κ3) is 5.32. The van der Waals surface area contributed by atoms with Crippen LogP contribution in [-0.2, 0) is 0 Å². The topological polar surface area (TPSA) is 87.1 Å². The number of aliphatic hydroxyl groups excluding tert-OH is 1. The Hall–Kier alpha value is -2.34. The Bertz CT molecular complexity index is 744. The number of H-pyrrole nitrogens is 1. The summed E-state index contributed by atoms with van der Waals surface area (Å²) in [5, 5.41) is 14.9. The van der Waals surface area contributed by atoms with E-state index in [0.717, 1.165) is 12.0 Å². The number of hydrogen-bond donors (Lipinski definition) is 3. The Morgan fingerprint density at radius 2 is 1.96 bits per heavy atom. The van der Waals surface area contributed by atoms with Crippen LogP contribution in [0.25, 0.3) is 5.69 Å². The van der Waals surface area contributed by atoms with Crippen molar-refractivity contribution in [3.05, 3.63) is 51.9 Å². The van der Waals surface area contributed by atoms with Crippen molar-refractivity contribution in [1.82, 2.24) is 15.1 Å². The van der Waals surface area contributed by atoms with Crippen LogP contribution in [0.15, 0.2) is 35.1 Å². The van der Waals surface area contributed by atoms with Crippen molar-refractivity contribution in [2.45, 2.75) is 33.6 Å². The van der Waals surface area contributed by atoms with Crippen LogP contribution < -0.4 is 10.9 Å². The maximum absolute atomic E-state index is 12.3. The predicted molar refractivity (Wildman–Crippen MR) is 98.1 cm³/mol. The van der Waals surface area contributed by atoms with Gasteiger partial charge < -0.3 is 10.4 Å². The number of amides is 1. The lowest BCUT2D eigenvalue weighted by atomic mass is 9.94. The SMILES string of the molecule is Cc1ccc(-n2[nH]c(C(=O)NCC(CCO)CC(C)C)cc2=O)cc1. The molecular formula is C19H27N3O3. The molecule has 3 N–H and O–H groups in total. The number of aryl methyl sites for hydroxylation is 1. The average Bonchev–Trinajstić information content (AvgIpc) is 2.95. The Morgan fingerprint density at radius 1 is 1.28 bits per heavy atom. The normalized spacial score (nSPS) is 12.4. The molecule has 2 rings (SSSR count). The average molecular weight is 345 g/mol. The molecule has 6 heteroatoms. The largest absolute Gasteiger partial charge is 0.396 e. The number of nitrogens with zero attached hydrogens (tertiary/aromatic N) is 1. The Labute approximate surface area is 147 Å². The van der Waals surface area contributed by atoms with Crippen molar-refractivity contribution in [2.24, 2.45) is 11.8 Å². The molecule has 1 atom stereocenters. The molecule has 25 heavy (non-hydrogen) atoms. The molecule has 0 radical (unpaired) electrons. The maximum Gasteiger partial charge on any atom is 0.271 e. The highest BCUT2D eigenvalue weighted by Crippen LogP contribution is 2.14. The van der Waals surface area contributed by atoms with Crippen LogP contribution in [-0.4, -0.2) is 33.9 Å². The molecule has 136 valence electrons. The molecule has 0 aliphatic carbocycles. The summed E-state index contributed by atoms with van der Waals surface area (Å²) in [5.74, 6) is 0.408. The van der Waals surface area contributed by atoms with Gasteiger partial charge in [0.1, 0.15) is 5.69 Å². The van der Waals surface area contributed by atoms with Crippen LogP contribution >= 0.6 is 0 Å². The number of rotatable bonds is 8. The first-order chi connectivity index (χ1) is 11.9. The van der Waals surface area contributed by atoms with Gasteiger partial charge in [-0.1, -0.05) is 31.5 Å². The number of carbonyl (C=O) groups is 1. The van der Waals surface area contributed by atoms with Gasteiger partial charge >= 0.3 is 0 Å². The Balaban J connectivity index is 2.06. The van der Waals surface area contributed by atoms with Crippen LogP contribution in [0.4, 0.5) is 0 Å². The van der Waals surface area contributed by atoms with Gasteiger partial charge in [-0.15, -0.1) is 0 Å². The van der Waals surface area contributed by atoms with Crippen molar-refractivity contribution < 1.29 is 9.90 Å². The molecule has 1 aromatic carbocycles. The number of hydrogen-bond acceptors (Lipinski definition) is 3. The zero-order valence-electron chi connectivity index (χ0n) is 15.1. The van der Waals surface area contributed by atoms with Gasteiger partial charge in [0.25, 0.3) is 11.5 Å². The fourth-order valence-electron chi connectivity index (χ4n) is 2.88. The molecule has 1 amide bonds. The first-order valence-electron chi connectivity index (χ1n) is 8.69. The molecule has 0 saturated carbocycles. The molecule has 1 aromatic heterocycles. The minimum atomic E-state index is -0.311. The molecule has 0 saturated heterocycles. The van der Waals surface area contributed by atoms with E-state index in [1.807, 2.05) is 31.2 Å². The molecule has 0 bridgehead atoms. The number of carbonyl (C=O) groups excluding carboxylic acids is 1. The van der Waals surface area contributed by atoms with Crippen LogP contribution in [0.1, 0.15) is 42.7 Å². The lowest BCUT2D eigenvalue weighted by Gasteiger charge is -2.18. The fourth-order valence-corrected chi connectivity index (χ4v) is 2.88. The number of aromatic amines is 1.